The molecular formula is C12H17N5O3S. The summed E-state index contributed by atoms with van der Waals surface area (Å²) in [5.74, 6) is -0.522. The van der Waals surface area contributed by atoms with E-state index >= 15 is 0 Å². The molecule has 0 spiro atoms. The molecule has 21 heavy (non-hydrogen) atoms. The van der Waals surface area contributed by atoms with Gasteiger partial charge in [-0.1, -0.05) is 5.21 Å². The van der Waals surface area contributed by atoms with Crippen molar-refractivity contribution in [1.82, 2.24) is 25.2 Å². The van der Waals surface area contributed by atoms with Gasteiger partial charge in [0, 0.05) is 5.75 Å². The predicted octanol–water partition coefficient (Wildman–Crippen LogP) is -0.198. The van der Waals surface area contributed by atoms with Crippen molar-refractivity contribution >= 4 is 23.6 Å². The van der Waals surface area contributed by atoms with Gasteiger partial charge in [0.2, 0.25) is 0 Å². The number of hydrogen-bond donors (Lipinski definition) is 2. The zero-order valence-corrected chi connectivity index (χ0v) is 12.3. The number of aliphatic carboxylic acids is 1. The lowest BCUT2D eigenvalue weighted by molar-refractivity contribution is -0.140. The van der Waals surface area contributed by atoms with E-state index in [4.69, 9.17) is 5.11 Å². The van der Waals surface area contributed by atoms with E-state index in [1.807, 2.05) is 0 Å². The van der Waals surface area contributed by atoms with Gasteiger partial charge in [-0.25, -0.2) is 9.48 Å². The number of nitrogens with one attached hydrogen (secondary N) is 1. The van der Waals surface area contributed by atoms with E-state index in [0.717, 1.165) is 25.9 Å². The Hall–Kier alpha value is -1.61. The minimum absolute atomic E-state index is 0.224. The van der Waals surface area contributed by atoms with Crippen LogP contribution in [0.3, 0.4) is 0 Å². The highest BCUT2D eigenvalue weighted by Gasteiger charge is 2.36. The van der Waals surface area contributed by atoms with Gasteiger partial charge in [-0.05, 0) is 25.9 Å². The van der Waals surface area contributed by atoms with E-state index in [-0.39, 0.29) is 17.6 Å². The molecule has 2 N–H and O–H groups in total. The van der Waals surface area contributed by atoms with Crippen LogP contribution < -0.4 is 5.32 Å². The van der Waals surface area contributed by atoms with Crippen molar-refractivity contribution in [2.75, 3.05) is 24.7 Å². The molecule has 0 bridgehead atoms. The van der Waals surface area contributed by atoms with Crippen LogP contribution >= 0.6 is 11.8 Å². The van der Waals surface area contributed by atoms with Crippen LogP contribution in [0.4, 0.5) is 0 Å². The molecule has 0 saturated carbocycles. The molecule has 3 heterocycles. The summed E-state index contributed by atoms with van der Waals surface area (Å²) in [7, 11) is 0. The quantitative estimate of drug-likeness (QED) is 0.797. The number of amides is 1. The first-order valence-corrected chi connectivity index (χ1v) is 8.06. The number of carboxylic acid groups (broad SMARTS) is 1. The van der Waals surface area contributed by atoms with Crippen molar-refractivity contribution in [1.29, 1.82) is 0 Å². The number of thioether (sulfide) groups is 1. The summed E-state index contributed by atoms with van der Waals surface area (Å²) in [5, 5.41) is 20.4. The molecule has 8 nitrogen and oxygen atoms in total. The molecule has 2 saturated heterocycles. The Morgan fingerprint density at radius 3 is 2.86 bits per heavy atom. The van der Waals surface area contributed by atoms with Gasteiger partial charge in [0.05, 0.1) is 18.1 Å². The third kappa shape index (κ3) is 2.88. The van der Waals surface area contributed by atoms with E-state index in [1.54, 1.807) is 10.9 Å². The van der Waals surface area contributed by atoms with Crippen molar-refractivity contribution in [3.05, 3.63) is 11.9 Å². The Morgan fingerprint density at radius 2 is 2.14 bits per heavy atom. The van der Waals surface area contributed by atoms with E-state index in [0.29, 0.717) is 11.6 Å². The molecule has 0 aromatic carbocycles. The van der Waals surface area contributed by atoms with Gasteiger partial charge in [-0.3, -0.25) is 4.79 Å². The summed E-state index contributed by atoms with van der Waals surface area (Å²) < 4.78 is 1.73. The van der Waals surface area contributed by atoms with Gasteiger partial charge in [0.15, 0.2) is 5.69 Å². The summed E-state index contributed by atoms with van der Waals surface area (Å²) in [6.45, 7) is 1.86. The van der Waals surface area contributed by atoms with Crippen molar-refractivity contribution < 1.29 is 14.7 Å². The normalized spacial score (nSPS) is 23.4. The van der Waals surface area contributed by atoms with Crippen LogP contribution in [-0.4, -0.2) is 67.6 Å². The van der Waals surface area contributed by atoms with Crippen molar-refractivity contribution in [3.8, 4) is 0 Å². The van der Waals surface area contributed by atoms with Crippen molar-refractivity contribution in [2.24, 2.45) is 0 Å². The lowest BCUT2D eigenvalue weighted by Gasteiger charge is -2.22. The molecule has 0 aliphatic carbocycles. The zero-order chi connectivity index (χ0) is 14.8. The summed E-state index contributed by atoms with van der Waals surface area (Å²) in [6.07, 6.45) is 3.54. The third-order valence-corrected chi connectivity index (χ3v) is 4.85. The SMILES string of the molecule is O=C(O)[C@@H]1CSCN1C(=O)c1cn(C2CCNCC2)nn1. The van der Waals surface area contributed by atoms with Crippen LogP contribution in [0.5, 0.6) is 0 Å². The summed E-state index contributed by atoms with van der Waals surface area (Å²) in [5.41, 5.74) is 0.224. The molecule has 2 fully saturated rings. The smallest absolute Gasteiger partial charge is 0.327 e. The molecular weight excluding hydrogens is 294 g/mol. The van der Waals surface area contributed by atoms with Crippen LogP contribution in [0.25, 0.3) is 0 Å². The lowest BCUT2D eigenvalue weighted by atomic mass is 10.1. The number of rotatable bonds is 3. The number of nitrogens with zero attached hydrogens (tertiary/aromatic N) is 4. The molecule has 0 unspecified atom stereocenters. The van der Waals surface area contributed by atoms with Crippen molar-refractivity contribution in [2.45, 2.75) is 24.9 Å². The first-order chi connectivity index (χ1) is 10.2. The maximum atomic E-state index is 12.4. The van der Waals surface area contributed by atoms with Gasteiger partial charge < -0.3 is 15.3 Å². The average Bonchev–Trinajstić information content (AvgIpc) is 3.17. The summed E-state index contributed by atoms with van der Waals surface area (Å²) >= 11 is 1.44. The van der Waals surface area contributed by atoms with Gasteiger partial charge in [-0.2, -0.15) is 0 Å². The van der Waals surface area contributed by atoms with Crippen molar-refractivity contribution in [3.63, 3.8) is 0 Å². The number of hydrogen-bond acceptors (Lipinski definition) is 6. The molecule has 114 valence electrons. The van der Waals surface area contributed by atoms with Crippen LogP contribution in [-0.2, 0) is 4.79 Å². The van der Waals surface area contributed by atoms with E-state index in [1.165, 1.54) is 16.7 Å². The number of aromatic nitrogens is 3. The number of carbonyl (C=O) groups excluding carboxylic acids is 1. The zero-order valence-electron chi connectivity index (χ0n) is 11.4. The fourth-order valence-electron chi connectivity index (χ4n) is 2.62. The first-order valence-electron chi connectivity index (χ1n) is 6.91. The van der Waals surface area contributed by atoms with E-state index in [2.05, 4.69) is 15.6 Å². The molecule has 1 atom stereocenters. The molecule has 9 heteroatoms. The average molecular weight is 311 g/mol. The van der Waals surface area contributed by atoms with Gasteiger partial charge in [0.1, 0.15) is 6.04 Å². The molecule has 2 aliphatic rings. The molecule has 1 aromatic rings. The Labute approximate surface area is 125 Å². The fourth-order valence-corrected chi connectivity index (χ4v) is 3.76. The van der Waals surface area contributed by atoms with Gasteiger partial charge in [0.25, 0.3) is 5.91 Å². The largest absolute Gasteiger partial charge is 0.480 e. The minimum Gasteiger partial charge on any atom is -0.480 e. The first kappa shape index (κ1) is 14.3. The number of carbonyl (C=O) groups is 2. The van der Waals surface area contributed by atoms with Gasteiger partial charge >= 0.3 is 5.97 Å². The molecule has 1 amide bonds. The lowest BCUT2D eigenvalue weighted by Crippen LogP contribution is -2.41. The van der Waals surface area contributed by atoms with Crippen LogP contribution in [0.2, 0.25) is 0 Å². The monoisotopic (exact) mass is 311 g/mol. The maximum Gasteiger partial charge on any atom is 0.327 e. The molecule has 1 aromatic heterocycles. The highest BCUT2D eigenvalue weighted by Crippen LogP contribution is 2.23. The standard InChI is InChI=1S/C12H17N5O3S/c18-11(16-7-21-6-10(16)12(19)20)9-5-17(15-14-9)8-1-3-13-4-2-8/h5,8,10,13H,1-4,6-7H2,(H,19,20)/t10-/m0/s1. The Kier molecular flexibility index (Phi) is 4.11. The molecule has 0 radical (unpaired) electrons. The fraction of sp³-hybridized carbons (Fsp3) is 0.667. The van der Waals surface area contributed by atoms with E-state index in [9.17, 15) is 9.59 Å². The molecule has 2 aliphatic heterocycles. The Morgan fingerprint density at radius 1 is 1.38 bits per heavy atom. The highest BCUT2D eigenvalue weighted by molar-refractivity contribution is 7.99. The second kappa shape index (κ2) is 6.02. The number of piperidine rings is 1. The second-order valence-corrected chi connectivity index (χ2v) is 6.19. The summed E-state index contributed by atoms with van der Waals surface area (Å²) in [4.78, 5) is 24.9. The third-order valence-electron chi connectivity index (χ3n) is 3.84. The van der Waals surface area contributed by atoms with Crippen LogP contribution in [0.15, 0.2) is 6.20 Å². The van der Waals surface area contributed by atoms with Crippen LogP contribution in [0.1, 0.15) is 29.4 Å². The van der Waals surface area contributed by atoms with E-state index < -0.39 is 12.0 Å². The summed E-state index contributed by atoms with van der Waals surface area (Å²) in [6, 6.07) is -0.518. The highest BCUT2D eigenvalue weighted by atomic mass is 32.2. The Balaban J connectivity index is 1.73. The second-order valence-electron chi connectivity index (χ2n) is 5.19. The minimum atomic E-state index is -0.973. The Bertz CT molecular complexity index is 543. The topological polar surface area (TPSA) is 100 Å². The van der Waals surface area contributed by atoms with Gasteiger partial charge in [-0.15, -0.1) is 16.9 Å². The molecule has 3 rings (SSSR count). The maximum absolute atomic E-state index is 12.4. The van der Waals surface area contributed by atoms with Crippen LogP contribution in [0, 0.1) is 0 Å². The number of carboxylic acids is 1. The predicted molar refractivity (Wildman–Crippen MR) is 76.1 cm³/mol.